The van der Waals surface area contributed by atoms with Crippen molar-refractivity contribution in [2.75, 3.05) is 5.32 Å². The Morgan fingerprint density at radius 3 is 2.92 bits per heavy atom. The van der Waals surface area contributed by atoms with Crippen LogP contribution in [-0.2, 0) is 7.05 Å². The van der Waals surface area contributed by atoms with Crippen molar-refractivity contribution < 1.29 is 0 Å². The van der Waals surface area contributed by atoms with Crippen LogP contribution >= 0.6 is 11.3 Å². The highest BCUT2D eigenvalue weighted by molar-refractivity contribution is 7.14. The van der Waals surface area contributed by atoms with Crippen molar-refractivity contribution in [2.24, 2.45) is 13.0 Å². The maximum atomic E-state index is 4.92. The van der Waals surface area contributed by atoms with Crippen LogP contribution in [-0.4, -0.2) is 15.6 Å². The molecule has 1 aliphatic rings. The van der Waals surface area contributed by atoms with E-state index in [0.717, 1.165) is 16.7 Å². The van der Waals surface area contributed by atoms with Crippen molar-refractivity contribution >= 4 is 27.4 Å². The monoisotopic (exact) mass is 339 g/mol. The normalized spacial score (nSPS) is 21.3. The highest BCUT2D eigenvalue weighted by atomic mass is 32.1. The molecule has 3 aromatic rings. The van der Waals surface area contributed by atoms with Crippen molar-refractivity contribution in [3.63, 3.8) is 0 Å². The summed E-state index contributed by atoms with van der Waals surface area (Å²) in [6, 6.07) is 9.18. The Hall–Kier alpha value is -1.81. The minimum atomic E-state index is 0.585. The van der Waals surface area contributed by atoms with E-state index in [9.17, 15) is 0 Å². The fourth-order valence-electron chi connectivity index (χ4n) is 4.04. The molecule has 1 N–H and O–H groups in total. The third kappa shape index (κ3) is 2.73. The first-order valence-corrected chi connectivity index (χ1v) is 9.78. The molecule has 0 spiro atoms. The quantitative estimate of drug-likeness (QED) is 0.673. The summed E-state index contributed by atoms with van der Waals surface area (Å²) in [4.78, 5) is 4.92. The predicted octanol–water partition coefficient (Wildman–Crippen LogP) is 5.60. The summed E-state index contributed by atoms with van der Waals surface area (Å²) in [5.41, 5.74) is 4.92. The van der Waals surface area contributed by atoms with E-state index in [1.807, 2.05) is 0 Å². The van der Waals surface area contributed by atoms with Gasteiger partial charge in [-0.3, -0.25) is 0 Å². The first kappa shape index (κ1) is 15.7. The molecule has 2 heterocycles. The lowest BCUT2D eigenvalue weighted by atomic mass is 9.87. The molecule has 0 radical (unpaired) electrons. The topological polar surface area (TPSA) is 29.9 Å². The summed E-state index contributed by atoms with van der Waals surface area (Å²) in [7, 11) is 2.14. The van der Waals surface area contributed by atoms with Crippen LogP contribution in [0.3, 0.4) is 0 Å². The number of anilines is 1. The number of hydrogen-bond acceptors (Lipinski definition) is 3. The second-order valence-corrected chi connectivity index (χ2v) is 8.05. The molecule has 0 bridgehead atoms. The fraction of sp³-hybridized carbons (Fsp3) is 0.450. The van der Waals surface area contributed by atoms with Gasteiger partial charge in [-0.2, -0.15) is 0 Å². The molecule has 4 rings (SSSR count). The molecular weight excluding hydrogens is 314 g/mol. The summed E-state index contributed by atoms with van der Waals surface area (Å²) in [5, 5.41) is 8.23. The molecule has 0 aliphatic heterocycles. The molecule has 1 fully saturated rings. The van der Waals surface area contributed by atoms with Gasteiger partial charge in [0, 0.05) is 40.6 Å². The number of benzene rings is 1. The minimum Gasteiger partial charge on any atom is -0.359 e. The Bertz CT molecular complexity index is 861. The van der Waals surface area contributed by atoms with Gasteiger partial charge < -0.3 is 9.88 Å². The minimum absolute atomic E-state index is 0.585. The largest absolute Gasteiger partial charge is 0.359 e. The number of rotatable bonds is 3. The number of fused-ring (bicyclic) bond motifs is 1. The van der Waals surface area contributed by atoms with Crippen LogP contribution in [0.4, 0.5) is 5.13 Å². The number of para-hydroxylation sites is 1. The van der Waals surface area contributed by atoms with E-state index in [1.54, 1.807) is 11.3 Å². The smallest absolute Gasteiger partial charge is 0.183 e. The first-order chi connectivity index (χ1) is 11.6. The molecule has 0 saturated heterocycles. The van der Waals surface area contributed by atoms with Crippen molar-refractivity contribution in [3.05, 3.63) is 35.3 Å². The highest BCUT2D eigenvalue weighted by Crippen LogP contribution is 2.36. The first-order valence-electron chi connectivity index (χ1n) is 8.90. The fourth-order valence-corrected chi connectivity index (χ4v) is 4.82. The van der Waals surface area contributed by atoms with Crippen LogP contribution in [0.15, 0.2) is 29.6 Å². The summed E-state index contributed by atoms with van der Waals surface area (Å²) in [5.74, 6) is 0.830. The number of aryl methyl sites for hydroxylation is 1. The summed E-state index contributed by atoms with van der Waals surface area (Å²) < 4.78 is 2.26. The zero-order valence-electron chi connectivity index (χ0n) is 14.7. The molecule has 3 nitrogen and oxygen atoms in total. The van der Waals surface area contributed by atoms with Gasteiger partial charge in [0.25, 0.3) is 0 Å². The third-order valence-electron chi connectivity index (χ3n) is 5.42. The molecule has 1 saturated carbocycles. The molecule has 2 unspecified atom stereocenters. The van der Waals surface area contributed by atoms with Crippen LogP contribution in [0.1, 0.15) is 38.3 Å². The lowest BCUT2D eigenvalue weighted by Gasteiger charge is -2.27. The van der Waals surface area contributed by atoms with Crippen LogP contribution < -0.4 is 5.32 Å². The van der Waals surface area contributed by atoms with E-state index in [2.05, 4.69) is 60.4 Å². The molecule has 2 aromatic heterocycles. The molecule has 2 atom stereocenters. The van der Waals surface area contributed by atoms with E-state index in [1.165, 1.54) is 47.8 Å². The number of nitrogens with zero attached hydrogens (tertiary/aromatic N) is 2. The van der Waals surface area contributed by atoms with Gasteiger partial charge >= 0.3 is 0 Å². The van der Waals surface area contributed by atoms with E-state index < -0.39 is 0 Å². The van der Waals surface area contributed by atoms with E-state index in [-0.39, 0.29) is 0 Å². The Balaban J connectivity index is 1.65. The molecule has 1 aromatic carbocycles. The standard InChI is InChI=1S/C20H25N3S/c1-13-7-6-8-15(11-13)21-20-22-17(12-24-20)19-14(2)23(3)18-10-5-4-9-16(18)19/h4-5,9-10,12-13,15H,6-8,11H2,1-3H3,(H,21,22). The number of hydrogen-bond donors (Lipinski definition) is 1. The maximum Gasteiger partial charge on any atom is 0.183 e. The molecule has 0 amide bonds. The van der Waals surface area contributed by atoms with Crippen LogP contribution in [0, 0.1) is 12.8 Å². The van der Waals surface area contributed by atoms with Gasteiger partial charge in [0.1, 0.15) is 0 Å². The Kier molecular flexibility index (Phi) is 4.09. The lowest BCUT2D eigenvalue weighted by molar-refractivity contribution is 0.358. The second-order valence-electron chi connectivity index (χ2n) is 7.19. The number of nitrogens with one attached hydrogen (secondary N) is 1. The molecule has 126 valence electrons. The van der Waals surface area contributed by atoms with E-state index in [0.29, 0.717) is 6.04 Å². The zero-order valence-corrected chi connectivity index (χ0v) is 15.5. The van der Waals surface area contributed by atoms with Crippen LogP contribution in [0.2, 0.25) is 0 Å². The van der Waals surface area contributed by atoms with Gasteiger partial charge in [-0.15, -0.1) is 11.3 Å². The van der Waals surface area contributed by atoms with Crippen molar-refractivity contribution in [1.82, 2.24) is 9.55 Å². The van der Waals surface area contributed by atoms with Gasteiger partial charge in [-0.25, -0.2) is 4.98 Å². The molecular formula is C20H25N3S. The SMILES string of the molecule is Cc1c(-c2csc(NC3CCCC(C)C3)n2)c2ccccc2n1C. The summed E-state index contributed by atoms with van der Waals surface area (Å²) in [6.45, 7) is 4.55. The lowest BCUT2D eigenvalue weighted by Crippen LogP contribution is -2.26. The van der Waals surface area contributed by atoms with Gasteiger partial charge in [0.2, 0.25) is 0 Å². The van der Waals surface area contributed by atoms with Crippen molar-refractivity contribution in [3.8, 4) is 11.3 Å². The molecule has 4 heteroatoms. The average Bonchev–Trinajstić information content (AvgIpc) is 3.12. The highest BCUT2D eigenvalue weighted by Gasteiger charge is 2.20. The van der Waals surface area contributed by atoms with Crippen molar-refractivity contribution in [1.29, 1.82) is 0 Å². The molecule has 1 aliphatic carbocycles. The second kappa shape index (κ2) is 6.25. The van der Waals surface area contributed by atoms with Gasteiger partial charge in [0.05, 0.1) is 5.69 Å². The van der Waals surface area contributed by atoms with E-state index >= 15 is 0 Å². The van der Waals surface area contributed by atoms with Crippen LogP contribution in [0.5, 0.6) is 0 Å². The number of aromatic nitrogens is 2. The van der Waals surface area contributed by atoms with Gasteiger partial charge in [-0.1, -0.05) is 38.0 Å². The summed E-state index contributed by atoms with van der Waals surface area (Å²) >= 11 is 1.73. The van der Waals surface area contributed by atoms with E-state index in [4.69, 9.17) is 4.98 Å². The third-order valence-corrected chi connectivity index (χ3v) is 6.20. The summed E-state index contributed by atoms with van der Waals surface area (Å²) in [6.07, 6.45) is 5.24. The maximum absolute atomic E-state index is 4.92. The predicted molar refractivity (Wildman–Crippen MR) is 104 cm³/mol. The Morgan fingerprint density at radius 1 is 1.25 bits per heavy atom. The number of thiazole rings is 1. The van der Waals surface area contributed by atoms with Crippen molar-refractivity contribution in [2.45, 2.75) is 45.6 Å². The Labute approximate surface area is 147 Å². The Morgan fingerprint density at radius 2 is 2.08 bits per heavy atom. The van der Waals surface area contributed by atoms with Gasteiger partial charge in [0.15, 0.2) is 5.13 Å². The van der Waals surface area contributed by atoms with Crippen LogP contribution in [0.25, 0.3) is 22.2 Å². The average molecular weight is 340 g/mol. The van der Waals surface area contributed by atoms with Gasteiger partial charge in [-0.05, 0) is 31.7 Å². The zero-order chi connectivity index (χ0) is 16.7. The molecule has 24 heavy (non-hydrogen) atoms.